The molecule has 2 aromatic carbocycles. The third-order valence-corrected chi connectivity index (χ3v) is 6.51. The Morgan fingerprint density at radius 2 is 1.72 bits per heavy atom. The summed E-state index contributed by atoms with van der Waals surface area (Å²) in [4.78, 5) is 15.8. The Labute approximate surface area is 175 Å². The van der Waals surface area contributed by atoms with Crippen LogP contribution in [0.15, 0.2) is 52.7 Å². The van der Waals surface area contributed by atoms with Crippen LogP contribution in [0.3, 0.4) is 0 Å². The number of carbonyl (C=O) groups is 1. The molecule has 0 bridgehead atoms. The zero-order valence-electron chi connectivity index (χ0n) is 16.7. The molecule has 6 nitrogen and oxygen atoms in total. The van der Waals surface area contributed by atoms with E-state index in [4.69, 9.17) is 0 Å². The van der Waals surface area contributed by atoms with Gasteiger partial charge in [0.25, 0.3) is 10.0 Å². The fourth-order valence-electron chi connectivity index (χ4n) is 2.93. The van der Waals surface area contributed by atoms with Crippen LogP contribution in [0.2, 0.25) is 0 Å². The van der Waals surface area contributed by atoms with Gasteiger partial charge in [-0.25, -0.2) is 13.4 Å². The number of sulfonamides is 1. The van der Waals surface area contributed by atoms with Gasteiger partial charge >= 0.3 is 0 Å². The predicted molar refractivity (Wildman–Crippen MR) is 118 cm³/mol. The van der Waals surface area contributed by atoms with Gasteiger partial charge in [-0.1, -0.05) is 26.0 Å². The molecule has 8 heteroatoms. The molecule has 1 amide bonds. The molecule has 3 aromatic rings. The number of hydrogen-bond acceptors (Lipinski definition) is 5. The summed E-state index contributed by atoms with van der Waals surface area (Å²) < 4.78 is 29.0. The minimum Gasteiger partial charge on any atom is -0.326 e. The highest BCUT2D eigenvalue weighted by Crippen LogP contribution is 2.31. The molecule has 0 spiro atoms. The maximum Gasteiger partial charge on any atom is 0.262 e. The minimum absolute atomic E-state index is 0.0370. The van der Waals surface area contributed by atoms with E-state index < -0.39 is 10.0 Å². The van der Waals surface area contributed by atoms with Crippen molar-refractivity contribution in [2.75, 3.05) is 10.0 Å². The van der Waals surface area contributed by atoms with Crippen LogP contribution in [0, 0.1) is 6.92 Å². The molecule has 0 aliphatic rings. The fourth-order valence-corrected chi connectivity index (χ4v) is 5.01. The largest absolute Gasteiger partial charge is 0.326 e. The van der Waals surface area contributed by atoms with Gasteiger partial charge in [0.15, 0.2) is 0 Å². The minimum atomic E-state index is -3.81. The highest BCUT2D eigenvalue weighted by atomic mass is 32.2. The molecule has 0 saturated carbocycles. The van der Waals surface area contributed by atoms with Crippen LogP contribution in [0.4, 0.5) is 11.4 Å². The van der Waals surface area contributed by atoms with Crippen LogP contribution in [0.25, 0.3) is 11.3 Å². The molecule has 3 rings (SSSR count). The zero-order valence-corrected chi connectivity index (χ0v) is 18.3. The summed E-state index contributed by atoms with van der Waals surface area (Å²) in [5.74, 6) is -0.149. The lowest BCUT2D eigenvalue weighted by atomic mass is 10.0. The molecule has 152 valence electrons. The van der Waals surface area contributed by atoms with E-state index in [1.807, 2.05) is 38.3 Å². The average Bonchev–Trinajstić information content (AvgIpc) is 3.08. The van der Waals surface area contributed by atoms with E-state index in [-0.39, 0.29) is 16.7 Å². The first kappa shape index (κ1) is 21.0. The van der Waals surface area contributed by atoms with E-state index in [0.29, 0.717) is 11.4 Å². The van der Waals surface area contributed by atoms with Crippen LogP contribution in [-0.4, -0.2) is 19.3 Å². The predicted octanol–water partition coefficient (Wildman–Crippen LogP) is 5.00. The monoisotopic (exact) mass is 429 g/mol. The summed E-state index contributed by atoms with van der Waals surface area (Å²) in [6.07, 6.45) is 0. The second kappa shape index (κ2) is 8.34. The zero-order chi connectivity index (χ0) is 21.2. The normalized spacial score (nSPS) is 11.5. The first-order chi connectivity index (χ1) is 13.7. The van der Waals surface area contributed by atoms with Crippen molar-refractivity contribution in [2.24, 2.45) is 0 Å². The fraction of sp³-hybridized carbons (Fsp3) is 0.238. The number of hydrogen-bond donors (Lipinski definition) is 2. The molecule has 1 heterocycles. The smallest absolute Gasteiger partial charge is 0.262 e. The molecule has 0 radical (unpaired) electrons. The Morgan fingerprint density at radius 1 is 1.07 bits per heavy atom. The van der Waals surface area contributed by atoms with Crippen molar-refractivity contribution >= 4 is 38.6 Å². The van der Waals surface area contributed by atoms with E-state index in [0.717, 1.165) is 21.8 Å². The van der Waals surface area contributed by atoms with Gasteiger partial charge in [-0.05, 0) is 48.7 Å². The van der Waals surface area contributed by atoms with E-state index >= 15 is 0 Å². The second-order valence-corrected chi connectivity index (χ2v) is 9.74. The van der Waals surface area contributed by atoms with Crippen molar-refractivity contribution in [3.05, 3.63) is 58.4 Å². The molecular weight excluding hydrogens is 406 g/mol. The number of amides is 1. The molecule has 29 heavy (non-hydrogen) atoms. The Kier molecular flexibility index (Phi) is 6.04. The van der Waals surface area contributed by atoms with Crippen LogP contribution in [0.5, 0.6) is 0 Å². The molecule has 1 aromatic heterocycles. The summed E-state index contributed by atoms with van der Waals surface area (Å²) in [5, 5.41) is 5.50. The SMILES string of the molecule is CC(=O)Nc1ccc(NS(=O)(=O)c2cc(-c3csc(C)n3)ccc2C(C)C)cc1. The quantitative estimate of drug-likeness (QED) is 0.577. The summed E-state index contributed by atoms with van der Waals surface area (Å²) in [7, 11) is -3.81. The number of aryl methyl sites for hydroxylation is 1. The van der Waals surface area contributed by atoms with Crippen molar-refractivity contribution in [3.63, 3.8) is 0 Å². The lowest BCUT2D eigenvalue weighted by molar-refractivity contribution is -0.114. The van der Waals surface area contributed by atoms with Gasteiger partial charge in [0, 0.05) is 29.2 Å². The Hall–Kier alpha value is -2.71. The summed E-state index contributed by atoms with van der Waals surface area (Å²) in [5.41, 5.74) is 3.29. The number of carbonyl (C=O) groups excluding carboxylic acids is 1. The van der Waals surface area contributed by atoms with Crippen molar-refractivity contribution in [1.82, 2.24) is 4.98 Å². The Morgan fingerprint density at radius 3 is 2.28 bits per heavy atom. The highest BCUT2D eigenvalue weighted by Gasteiger charge is 2.22. The maximum absolute atomic E-state index is 13.2. The maximum atomic E-state index is 13.2. The van der Waals surface area contributed by atoms with Gasteiger partial charge in [0.05, 0.1) is 15.6 Å². The number of anilines is 2. The van der Waals surface area contributed by atoms with Crippen molar-refractivity contribution in [2.45, 2.75) is 38.5 Å². The van der Waals surface area contributed by atoms with Gasteiger partial charge < -0.3 is 5.32 Å². The summed E-state index contributed by atoms with van der Waals surface area (Å²) in [6, 6.07) is 12.0. The summed E-state index contributed by atoms with van der Waals surface area (Å²) >= 11 is 1.53. The number of rotatable bonds is 6. The second-order valence-electron chi connectivity index (χ2n) is 7.02. The first-order valence-corrected chi connectivity index (χ1v) is 11.5. The van der Waals surface area contributed by atoms with Crippen LogP contribution >= 0.6 is 11.3 Å². The number of benzene rings is 2. The van der Waals surface area contributed by atoms with Gasteiger partial charge in [0.2, 0.25) is 5.91 Å². The van der Waals surface area contributed by atoms with Gasteiger partial charge in [0.1, 0.15) is 0 Å². The summed E-state index contributed by atoms with van der Waals surface area (Å²) in [6.45, 7) is 7.26. The Balaban J connectivity index is 1.97. The van der Waals surface area contributed by atoms with Gasteiger partial charge in [-0.15, -0.1) is 11.3 Å². The van der Waals surface area contributed by atoms with E-state index in [1.54, 1.807) is 30.3 Å². The number of aromatic nitrogens is 1. The molecule has 2 N–H and O–H groups in total. The Bertz CT molecular complexity index is 1130. The number of thiazole rings is 1. The van der Waals surface area contributed by atoms with Crippen LogP contribution in [0.1, 0.15) is 37.3 Å². The lowest BCUT2D eigenvalue weighted by Gasteiger charge is -2.16. The molecule has 0 saturated heterocycles. The topological polar surface area (TPSA) is 88.2 Å². The molecule has 0 aliphatic carbocycles. The van der Waals surface area contributed by atoms with E-state index in [2.05, 4.69) is 15.0 Å². The third-order valence-electron chi connectivity index (χ3n) is 4.30. The number of nitrogens with zero attached hydrogens (tertiary/aromatic N) is 1. The molecule has 0 atom stereocenters. The van der Waals surface area contributed by atoms with Crippen molar-refractivity contribution in [1.29, 1.82) is 0 Å². The van der Waals surface area contributed by atoms with E-state index in [1.165, 1.54) is 18.3 Å². The van der Waals surface area contributed by atoms with Crippen LogP contribution in [-0.2, 0) is 14.8 Å². The number of nitrogens with one attached hydrogen (secondary N) is 2. The molecule has 0 fully saturated rings. The van der Waals surface area contributed by atoms with Crippen LogP contribution < -0.4 is 10.0 Å². The van der Waals surface area contributed by atoms with Crippen molar-refractivity contribution < 1.29 is 13.2 Å². The lowest BCUT2D eigenvalue weighted by Crippen LogP contribution is -2.16. The van der Waals surface area contributed by atoms with Crippen molar-refractivity contribution in [3.8, 4) is 11.3 Å². The van der Waals surface area contributed by atoms with Gasteiger partial charge in [-0.2, -0.15) is 0 Å². The first-order valence-electron chi connectivity index (χ1n) is 9.12. The molecule has 0 unspecified atom stereocenters. The van der Waals surface area contributed by atoms with Gasteiger partial charge in [-0.3, -0.25) is 9.52 Å². The molecule has 0 aliphatic heterocycles. The van der Waals surface area contributed by atoms with E-state index in [9.17, 15) is 13.2 Å². The average molecular weight is 430 g/mol. The molecular formula is C21H23N3O3S2. The highest BCUT2D eigenvalue weighted by molar-refractivity contribution is 7.92. The standard InChI is InChI=1S/C21H23N3O3S2/c1-13(2)19-10-5-16(20-12-28-15(4)23-20)11-21(19)29(26,27)24-18-8-6-17(7-9-18)22-14(3)25/h5-13,24H,1-4H3,(H,22,25). The third kappa shape index (κ3) is 5.02.